The molecule has 1 heterocycles. The Morgan fingerprint density at radius 2 is 1.81 bits per heavy atom. The van der Waals surface area contributed by atoms with Gasteiger partial charge in [0.1, 0.15) is 6.61 Å². The monoisotopic (exact) mass is 431 g/mol. The van der Waals surface area contributed by atoms with Crippen LogP contribution in [0.5, 0.6) is 5.88 Å². The second kappa shape index (κ2) is 12.1. The smallest absolute Gasteiger partial charge is 0.251 e. The molecule has 0 unspecified atom stereocenters. The van der Waals surface area contributed by atoms with Crippen molar-refractivity contribution >= 4 is 11.9 Å². The van der Waals surface area contributed by atoms with Crippen LogP contribution in [0.25, 0.3) is 0 Å². The van der Waals surface area contributed by atoms with E-state index < -0.39 is 0 Å². The highest BCUT2D eigenvalue weighted by atomic mass is 16.5. The average molecular weight is 432 g/mol. The molecule has 0 bridgehead atoms. The Morgan fingerprint density at radius 3 is 2.59 bits per heavy atom. The summed E-state index contributed by atoms with van der Waals surface area (Å²) in [5, 5.41) is 9.26. The number of hydrogen-bond acceptors (Lipinski definition) is 4. The van der Waals surface area contributed by atoms with Gasteiger partial charge in [-0.2, -0.15) is 0 Å². The summed E-state index contributed by atoms with van der Waals surface area (Å²) >= 11 is 0. The summed E-state index contributed by atoms with van der Waals surface area (Å²) in [6.45, 7) is 1.68. The number of carbonyl (C=O) groups is 1. The molecule has 0 aliphatic carbocycles. The summed E-state index contributed by atoms with van der Waals surface area (Å²) in [6.07, 6.45) is 2.49. The van der Waals surface area contributed by atoms with E-state index in [0.717, 1.165) is 23.1 Å². The second-order valence-electron chi connectivity index (χ2n) is 7.12. The number of rotatable bonds is 9. The minimum atomic E-state index is -0.0842. The van der Waals surface area contributed by atoms with E-state index in [2.05, 4.69) is 25.9 Å². The zero-order valence-electron chi connectivity index (χ0n) is 18.5. The van der Waals surface area contributed by atoms with Crippen LogP contribution in [0.1, 0.15) is 27.0 Å². The molecule has 7 nitrogen and oxygen atoms in total. The lowest BCUT2D eigenvalue weighted by Gasteiger charge is -2.14. The zero-order valence-corrected chi connectivity index (χ0v) is 18.5. The van der Waals surface area contributed by atoms with Crippen molar-refractivity contribution < 1.29 is 9.53 Å². The number of hydrogen-bond donors (Lipinski definition) is 3. The van der Waals surface area contributed by atoms with Crippen LogP contribution in [0, 0.1) is 0 Å². The van der Waals surface area contributed by atoms with E-state index in [9.17, 15) is 4.79 Å². The summed E-state index contributed by atoms with van der Waals surface area (Å²) in [5.74, 6) is 1.20. The van der Waals surface area contributed by atoms with Crippen molar-refractivity contribution in [1.82, 2.24) is 20.9 Å². The first-order valence-electron chi connectivity index (χ1n) is 10.6. The fourth-order valence-electron chi connectivity index (χ4n) is 3.15. The summed E-state index contributed by atoms with van der Waals surface area (Å²) in [4.78, 5) is 20.5. The predicted octanol–water partition coefficient (Wildman–Crippen LogP) is 2.93. The fourth-order valence-corrected chi connectivity index (χ4v) is 3.15. The lowest BCUT2D eigenvalue weighted by Crippen LogP contribution is -2.38. The van der Waals surface area contributed by atoms with Gasteiger partial charge >= 0.3 is 0 Å². The van der Waals surface area contributed by atoms with Gasteiger partial charge in [0.15, 0.2) is 5.96 Å². The van der Waals surface area contributed by atoms with Gasteiger partial charge in [-0.15, -0.1) is 0 Å². The van der Waals surface area contributed by atoms with E-state index in [1.165, 1.54) is 0 Å². The van der Waals surface area contributed by atoms with Crippen LogP contribution in [0.2, 0.25) is 0 Å². The molecule has 32 heavy (non-hydrogen) atoms. The molecule has 166 valence electrons. The minimum Gasteiger partial charge on any atom is -0.473 e. The maximum atomic E-state index is 11.8. The van der Waals surface area contributed by atoms with Crippen molar-refractivity contribution in [2.24, 2.45) is 4.99 Å². The van der Waals surface area contributed by atoms with E-state index in [0.29, 0.717) is 37.1 Å². The van der Waals surface area contributed by atoms with Crippen LogP contribution in [-0.2, 0) is 19.6 Å². The molecular formula is C25H29N5O2. The summed E-state index contributed by atoms with van der Waals surface area (Å²) < 4.78 is 5.92. The third-order valence-corrected chi connectivity index (χ3v) is 4.86. The molecule has 0 saturated carbocycles. The number of aliphatic imine (C=N–C) groups is 1. The van der Waals surface area contributed by atoms with Crippen molar-refractivity contribution in [2.75, 3.05) is 20.6 Å². The first kappa shape index (κ1) is 22.8. The van der Waals surface area contributed by atoms with Crippen LogP contribution in [0.4, 0.5) is 0 Å². The lowest BCUT2D eigenvalue weighted by molar-refractivity contribution is 0.0963. The van der Waals surface area contributed by atoms with Gasteiger partial charge in [-0.05, 0) is 35.7 Å². The van der Waals surface area contributed by atoms with Crippen molar-refractivity contribution in [3.05, 3.63) is 95.2 Å². The van der Waals surface area contributed by atoms with Crippen molar-refractivity contribution in [1.29, 1.82) is 0 Å². The number of nitrogens with zero attached hydrogens (tertiary/aromatic N) is 2. The Kier molecular flexibility index (Phi) is 8.62. The van der Waals surface area contributed by atoms with Gasteiger partial charge < -0.3 is 20.7 Å². The van der Waals surface area contributed by atoms with Gasteiger partial charge in [0.25, 0.3) is 5.91 Å². The summed E-state index contributed by atoms with van der Waals surface area (Å²) in [7, 11) is 3.37. The molecule has 0 radical (unpaired) electrons. The Hall–Kier alpha value is -3.87. The van der Waals surface area contributed by atoms with Crippen molar-refractivity contribution in [3.8, 4) is 5.88 Å². The number of guanidine groups is 1. The largest absolute Gasteiger partial charge is 0.473 e. The third-order valence-electron chi connectivity index (χ3n) is 4.86. The number of ether oxygens (including phenoxy) is 1. The predicted molar refractivity (Wildman–Crippen MR) is 127 cm³/mol. The van der Waals surface area contributed by atoms with Crippen molar-refractivity contribution in [3.63, 3.8) is 0 Å². The van der Waals surface area contributed by atoms with E-state index in [4.69, 9.17) is 4.74 Å². The SMILES string of the molecule is CN=C(NCCc1cccc(C(=O)NC)c1)NCc1cccnc1OCc1ccccc1. The van der Waals surface area contributed by atoms with Gasteiger partial charge in [-0.3, -0.25) is 9.79 Å². The number of amides is 1. The topological polar surface area (TPSA) is 87.6 Å². The third kappa shape index (κ3) is 6.84. The lowest BCUT2D eigenvalue weighted by atomic mass is 10.1. The van der Waals surface area contributed by atoms with E-state index >= 15 is 0 Å². The molecule has 0 fully saturated rings. The van der Waals surface area contributed by atoms with Crippen LogP contribution in [0.15, 0.2) is 77.9 Å². The van der Waals surface area contributed by atoms with Gasteiger partial charge in [0, 0.05) is 44.5 Å². The molecule has 0 aliphatic rings. The fraction of sp³-hybridized carbons (Fsp3) is 0.240. The minimum absolute atomic E-state index is 0.0842. The Labute approximate surface area is 189 Å². The first-order valence-corrected chi connectivity index (χ1v) is 10.6. The maximum absolute atomic E-state index is 11.8. The molecule has 1 amide bonds. The highest BCUT2D eigenvalue weighted by Crippen LogP contribution is 2.16. The molecule has 7 heteroatoms. The van der Waals surface area contributed by atoms with E-state index in [1.54, 1.807) is 20.3 Å². The van der Waals surface area contributed by atoms with Crippen LogP contribution in [0.3, 0.4) is 0 Å². The highest BCUT2D eigenvalue weighted by molar-refractivity contribution is 5.94. The van der Waals surface area contributed by atoms with Gasteiger partial charge in [0.05, 0.1) is 0 Å². The molecule has 0 saturated heterocycles. The molecule has 3 N–H and O–H groups in total. The van der Waals surface area contributed by atoms with E-state index in [1.807, 2.05) is 66.7 Å². The molecule has 0 aliphatic heterocycles. The Balaban J connectivity index is 1.50. The normalized spacial score (nSPS) is 11.0. The summed E-state index contributed by atoms with van der Waals surface area (Å²) in [6, 6.07) is 21.5. The Morgan fingerprint density at radius 1 is 1.00 bits per heavy atom. The molecule has 0 spiro atoms. The number of pyridine rings is 1. The molecule has 3 aromatic rings. The van der Waals surface area contributed by atoms with Crippen LogP contribution >= 0.6 is 0 Å². The zero-order chi connectivity index (χ0) is 22.6. The first-order chi connectivity index (χ1) is 15.7. The van der Waals surface area contributed by atoms with Crippen LogP contribution in [-0.4, -0.2) is 37.5 Å². The number of benzene rings is 2. The standard InChI is InChI=1S/C25H29N5O2/c1-26-23(31)21-11-6-10-19(16-21)13-15-29-25(27-2)30-17-22-12-7-14-28-24(22)32-18-20-8-4-3-5-9-20/h3-12,14,16H,13,15,17-18H2,1-2H3,(H,26,31)(H2,27,29,30). The van der Waals surface area contributed by atoms with Crippen LogP contribution < -0.4 is 20.7 Å². The van der Waals surface area contributed by atoms with Crippen molar-refractivity contribution in [2.45, 2.75) is 19.6 Å². The second-order valence-corrected chi connectivity index (χ2v) is 7.12. The van der Waals surface area contributed by atoms with Gasteiger partial charge in [-0.25, -0.2) is 4.98 Å². The van der Waals surface area contributed by atoms with Gasteiger partial charge in [-0.1, -0.05) is 48.5 Å². The van der Waals surface area contributed by atoms with Gasteiger partial charge in [0.2, 0.25) is 5.88 Å². The number of aromatic nitrogens is 1. The molecule has 0 atom stereocenters. The molecular weight excluding hydrogens is 402 g/mol. The highest BCUT2D eigenvalue weighted by Gasteiger charge is 2.07. The molecule has 1 aromatic heterocycles. The van der Waals surface area contributed by atoms with E-state index in [-0.39, 0.29) is 5.91 Å². The maximum Gasteiger partial charge on any atom is 0.251 e. The molecule has 2 aromatic carbocycles. The number of nitrogens with one attached hydrogen (secondary N) is 3. The Bertz CT molecular complexity index is 1040. The molecule has 3 rings (SSSR count). The number of carbonyl (C=O) groups excluding carboxylic acids is 1. The quantitative estimate of drug-likeness (QED) is 0.358. The summed E-state index contributed by atoms with van der Waals surface area (Å²) in [5.41, 5.74) is 3.78. The average Bonchev–Trinajstić information content (AvgIpc) is 2.85.